The summed E-state index contributed by atoms with van der Waals surface area (Å²) in [5, 5.41) is 18.8. The molecule has 0 aliphatic heterocycles. The topological polar surface area (TPSA) is 70.1 Å². The summed E-state index contributed by atoms with van der Waals surface area (Å²) in [6.45, 7) is 7.03. The van der Waals surface area contributed by atoms with E-state index in [1.807, 2.05) is 32.2 Å². The molecule has 0 bridgehead atoms. The number of thiophene rings is 1. The van der Waals surface area contributed by atoms with E-state index in [-0.39, 0.29) is 18.6 Å². The first-order chi connectivity index (χ1) is 9.15. The number of rotatable bonds is 6. The molecule has 0 fully saturated rings. The zero-order valence-electron chi connectivity index (χ0n) is 11.5. The molecule has 6 heteroatoms. The maximum Gasteiger partial charge on any atom is 0.226 e. The number of fused-ring (bicyclic) bond motifs is 1. The molecule has 0 radical (unpaired) electrons. The van der Waals surface area contributed by atoms with Gasteiger partial charge in [-0.2, -0.15) is 4.98 Å². The Morgan fingerprint density at radius 1 is 1.37 bits per heavy atom. The molecule has 5 nitrogen and oxygen atoms in total. The van der Waals surface area contributed by atoms with Crippen molar-refractivity contribution < 1.29 is 5.11 Å². The van der Waals surface area contributed by atoms with E-state index in [1.54, 1.807) is 11.3 Å². The van der Waals surface area contributed by atoms with Crippen molar-refractivity contribution in [2.24, 2.45) is 5.92 Å². The smallest absolute Gasteiger partial charge is 0.226 e. The second kappa shape index (κ2) is 6.16. The molecule has 2 aromatic rings. The fourth-order valence-electron chi connectivity index (χ4n) is 1.72. The third-order valence-electron chi connectivity index (χ3n) is 3.17. The largest absolute Gasteiger partial charge is 0.396 e. The molecule has 0 aliphatic rings. The highest BCUT2D eigenvalue weighted by Gasteiger charge is 2.15. The maximum atomic E-state index is 9.21. The lowest BCUT2D eigenvalue weighted by atomic mass is 10.1. The second-order valence-electron chi connectivity index (χ2n) is 4.66. The second-order valence-corrected chi connectivity index (χ2v) is 5.55. The SMILES string of the molecule is CCNc1nc(NC(C)C(C)CO)c2ccsc2n1. The minimum absolute atomic E-state index is 0.150. The summed E-state index contributed by atoms with van der Waals surface area (Å²) in [7, 11) is 0. The molecule has 0 aromatic carbocycles. The standard InChI is InChI=1S/C13H20N4OS/c1-4-14-13-16-11(15-9(3)8(2)7-18)10-5-6-19-12(10)17-13/h5-6,8-9,18H,4,7H2,1-3H3,(H2,14,15,16,17). The number of aromatic nitrogens is 2. The van der Waals surface area contributed by atoms with Crippen LogP contribution in [0.1, 0.15) is 20.8 Å². The predicted octanol–water partition coefficient (Wildman–Crippen LogP) is 2.55. The zero-order chi connectivity index (χ0) is 13.8. The van der Waals surface area contributed by atoms with Gasteiger partial charge in [0.05, 0.1) is 5.39 Å². The van der Waals surface area contributed by atoms with Crippen molar-refractivity contribution in [2.75, 3.05) is 23.8 Å². The van der Waals surface area contributed by atoms with Crippen molar-refractivity contribution >= 4 is 33.3 Å². The molecule has 2 rings (SSSR count). The molecular formula is C13H20N4OS. The summed E-state index contributed by atoms with van der Waals surface area (Å²) in [5.74, 6) is 1.64. The monoisotopic (exact) mass is 280 g/mol. The lowest BCUT2D eigenvalue weighted by Gasteiger charge is -2.20. The number of anilines is 2. The van der Waals surface area contributed by atoms with E-state index in [0.29, 0.717) is 5.95 Å². The van der Waals surface area contributed by atoms with Crippen LogP contribution in [0.15, 0.2) is 11.4 Å². The van der Waals surface area contributed by atoms with Crippen molar-refractivity contribution in [3.8, 4) is 0 Å². The number of hydrogen-bond acceptors (Lipinski definition) is 6. The van der Waals surface area contributed by atoms with Gasteiger partial charge >= 0.3 is 0 Å². The van der Waals surface area contributed by atoms with Crippen LogP contribution in [0.3, 0.4) is 0 Å². The van der Waals surface area contributed by atoms with Crippen LogP contribution in [0.25, 0.3) is 10.2 Å². The summed E-state index contributed by atoms with van der Waals surface area (Å²) in [5.41, 5.74) is 0. The van der Waals surface area contributed by atoms with E-state index in [2.05, 4.69) is 20.6 Å². The van der Waals surface area contributed by atoms with Gasteiger partial charge in [0, 0.05) is 19.2 Å². The van der Waals surface area contributed by atoms with Gasteiger partial charge in [0.25, 0.3) is 0 Å². The summed E-state index contributed by atoms with van der Waals surface area (Å²) in [6, 6.07) is 2.17. The normalized spacial score (nSPS) is 14.3. The van der Waals surface area contributed by atoms with E-state index < -0.39 is 0 Å². The lowest BCUT2D eigenvalue weighted by Crippen LogP contribution is -2.27. The highest BCUT2D eigenvalue weighted by Crippen LogP contribution is 2.27. The molecule has 2 atom stereocenters. The Hall–Kier alpha value is -1.40. The Kier molecular flexibility index (Phi) is 4.55. The average molecular weight is 280 g/mol. The number of aliphatic hydroxyl groups is 1. The fraction of sp³-hybridized carbons (Fsp3) is 0.538. The molecule has 19 heavy (non-hydrogen) atoms. The predicted molar refractivity (Wildman–Crippen MR) is 80.9 cm³/mol. The van der Waals surface area contributed by atoms with Gasteiger partial charge in [0.2, 0.25) is 5.95 Å². The van der Waals surface area contributed by atoms with E-state index in [9.17, 15) is 5.11 Å². The summed E-state index contributed by atoms with van der Waals surface area (Å²) in [6.07, 6.45) is 0. The lowest BCUT2D eigenvalue weighted by molar-refractivity contribution is 0.226. The Labute approximate surface area is 117 Å². The molecule has 0 saturated carbocycles. The number of nitrogens with zero attached hydrogens (tertiary/aromatic N) is 2. The fourth-order valence-corrected chi connectivity index (χ4v) is 2.48. The third-order valence-corrected chi connectivity index (χ3v) is 3.97. The Bertz CT molecular complexity index is 542. The Morgan fingerprint density at radius 3 is 2.84 bits per heavy atom. The van der Waals surface area contributed by atoms with Crippen LogP contribution in [0.5, 0.6) is 0 Å². The molecule has 0 saturated heterocycles. The molecule has 0 spiro atoms. The first-order valence-electron chi connectivity index (χ1n) is 6.52. The quantitative estimate of drug-likeness (QED) is 0.758. The van der Waals surface area contributed by atoms with Crippen LogP contribution in [-0.2, 0) is 0 Å². The first-order valence-corrected chi connectivity index (χ1v) is 7.40. The van der Waals surface area contributed by atoms with Crippen LogP contribution in [0, 0.1) is 5.92 Å². The zero-order valence-corrected chi connectivity index (χ0v) is 12.3. The summed E-state index contributed by atoms with van der Waals surface area (Å²) < 4.78 is 0. The molecule has 3 N–H and O–H groups in total. The minimum atomic E-state index is 0.150. The average Bonchev–Trinajstić information content (AvgIpc) is 2.86. The summed E-state index contributed by atoms with van der Waals surface area (Å²) in [4.78, 5) is 9.95. The van der Waals surface area contributed by atoms with Crippen LogP contribution in [-0.4, -0.2) is 34.3 Å². The first kappa shape index (κ1) is 14.0. The molecule has 2 unspecified atom stereocenters. The Balaban J connectivity index is 2.31. The van der Waals surface area contributed by atoms with E-state index in [1.165, 1.54) is 0 Å². The molecule has 2 heterocycles. The molecule has 104 valence electrons. The molecular weight excluding hydrogens is 260 g/mol. The van der Waals surface area contributed by atoms with Crippen molar-refractivity contribution in [1.82, 2.24) is 9.97 Å². The number of aliphatic hydroxyl groups excluding tert-OH is 1. The van der Waals surface area contributed by atoms with Gasteiger partial charge in [-0.05, 0) is 31.2 Å². The van der Waals surface area contributed by atoms with Gasteiger partial charge in [-0.1, -0.05) is 6.92 Å². The van der Waals surface area contributed by atoms with Crippen molar-refractivity contribution in [1.29, 1.82) is 0 Å². The van der Waals surface area contributed by atoms with Crippen molar-refractivity contribution in [3.05, 3.63) is 11.4 Å². The van der Waals surface area contributed by atoms with Gasteiger partial charge in [-0.15, -0.1) is 11.3 Å². The van der Waals surface area contributed by atoms with Gasteiger partial charge in [0.1, 0.15) is 10.6 Å². The van der Waals surface area contributed by atoms with Crippen LogP contribution < -0.4 is 10.6 Å². The van der Waals surface area contributed by atoms with Crippen LogP contribution >= 0.6 is 11.3 Å². The number of nitrogens with one attached hydrogen (secondary N) is 2. The van der Waals surface area contributed by atoms with E-state index >= 15 is 0 Å². The van der Waals surface area contributed by atoms with Gasteiger partial charge in [0.15, 0.2) is 0 Å². The minimum Gasteiger partial charge on any atom is -0.396 e. The van der Waals surface area contributed by atoms with Gasteiger partial charge < -0.3 is 15.7 Å². The van der Waals surface area contributed by atoms with Gasteiger partial charge in [-0.25, -0.2) is 4.98 Å². The molecule has 0 amide bonds. The van der Waals surface area contributed by atoms with Crippen molar-refractivity contribution in [2.45, 2.75) is 26.8 Å². The number of hydrogen-bond donors (Lipinski definition) is 3. The molecule has 0 aliphatic carbocycles. The maximum absolute atomic E-state index is 9.21. The summed E-state index contributed by atoms with van der Waals surface area (Å²) >= 11 is 1.60. The molecule has 2 aromatic heterocycles. The highest BCUT2D eigenvalue weighted by atomic mass is 32.1. The van der Waals surface area contributed by atoms with Crippen LogP contribution in [0.4, 0.5) is 11.8 Å². The highest BCUT2D eigenvalue weighted by molar-refractivity contribution is 7.16. The van der Waals surface area contributed by atoms with Crippen LogP contribution in [0.2, 0.25) is 0 Å². The van der Waals surface area contributed by atoms with Crippen molar-refractivity contribution in [3.63, 3.8) is 0 Å². The van der Waals surface area contributed by atoms with E-state index in [4.69, 9.17) is 0 Å². The Morgan fingerprint density at radius 2 is 2.16 bits per heavy atom. The van der Waals surface area contributed by atoms with Gasteiger partial charge in [-0.3, -0.25) is 0 Å². The van der Waals surface area contributed by atoms with E-state index in [0.717, 1.165) is 22.6 Å². The third kappa shape index (κ3) is 3.13.